The highest BCUT2D eigenvalue weighted by Crippen LogP contribution is 2.26. The summed E-state index contributed by atoms with van der Waals surface area (Å²) in [4.78, 5) is 13.5. The molecule has 110 valence electrons. The second kappa shape index (κ2) is 5.75. The number of carbonyl (C=O) groups excluding carboxylic acids is 1. The summed E-state index contributed by atoms with van der Waals surface area (Å²) in [5, 5.41) is 9.92. The molecule has 0 bridgehead atoms. The van der Waals surface area contributed by atoms with Crippen LogP contribution in [0, 0.1) is 11.6 Å². The van der Waals surface area contributed by atoms with Gasteiger partial charge in [-0.3, -0.25) is 4.79 Å². The zero-order valence-corrected chi connectivity index (χ0v) is 11.3. The van der Waals surface area contributed by atoms with Gasteiger partial charge >= 0.3 is 0 Å². The first kappa shape index (κ1) is 14.7. The Balaban J connectivity index is 2.29. The van der Waals surface area contributed by atoms with E-state index in [0.717, 1.165) is 25.0 Å². The van der Waals surface area contributed by atoms with Crippen molar-refractivity contribution >= 4 is 11.6 Å². The molecule has 2 atom stereocenters. The molecule has 2 unspecified atom stereocenters. The number of rotatable bonds is 2. The monoisotopic (exact) mass is 284 g/mol. The predicted octanol–water partition coefficient (Wildman–Crippen LogP) is 1.92. The molecule has 4 nitrogen and oxygen atoms in total. The maximum atomic E-state index is 13.9. The highest BCUT2D eigenvalue weighted by Gasteiger charge is 2.32. The first-order chi connectivity index (χ1) is 9.43. The van der Waals surface area contributed by atoms with Gasteiger partial charge in [0, 0.05) is 7.05 Å². The van der Waals surface area contributed by atoms with Gasteiger partial charge in [0.05, 0.1) is 17.8 Å². The first-order valence-electron chi connectivity index (χ1n) is 6.62. The Morgan fingerprint density at radius 1 is 1.35 bits per heavy atom. The minimum Gasteiger partial charge on any atom is -0.396 e. The Kier molecular flexibility index (Phi) is 4.23. The standard InChI is InChI=1S/C14H18F2N2O2/c1-18(10-4-2-3-5-11(10)19)14(20)12-8(15)6-7-9(17)13(12)16/h6-7,10-11,19H,2-5,17H2,1H3. The van der Waals surface area contributed by atoms with Crippen molar-refractivity contribution in [3.63, 3.8) is 0 Å². The largest absolute Gasteiger partial charge is 0.396 e. The summed E-state index contributed by atoms with van der Waals surface area (Å²) in [5.74, 6) is -2.79. The van der Waals surface area contributed by atoms with Gasteiger partial charge in [-0.15, -0.1) is 0 Å². The minimum atomic E-state index is -1.05. The first-order valence-corrected chi connectivity index (χ1v) is 6.62. The van der Waals surface area contributed by atoms with Crippen LogP contribution in [0.5, 0.6) is 0 Å². The molecule has 1 aliphatic rings. The number of aliphatic hydroxyl groups is 1. The van der Waals surface area contributed by atoms with Crippen molar-refractivity contribution in [2.24, 2.45) is 0 Å². The fourth-order valence-electron chi connectivity index (χ4n) is 2.64. The zero-order valence-electron chi connectivity index (χ0n) is 11.3. The van der Waals surface area contributed by atoms with Gasteiger partial charge in [-0.05, 0) is 25.0 Å². The molecular weight excluding hydrogens is 266 g/mol. The van der Waals surface area contributed by atoms with Gasteiger partial charge in [-0.1, -0.05) is 12.8 Å². The number of carbonyl (C=O) groups is 1. The number of aliphatic hydroxyl groups excluding tert-OH is 1. The Morgan fingerprint density at radius 3 is 2.65 bits per heavy atom. The van der Waals surface area contributed by atoms with Crippen LogP contribution in [-0.4, -0.2) is 35.1 Å². The Labute approximate surface area is 116 Å². The predicted molar refractivity (Wildman–Crippen MR) is 71.1 cm³/mol. The van der Waals surface area contributed by atoms with E-state index in [2.05, 4.69) is 0 Å². The summed E-state index contributed by atoms with van der Waals surface area (Å²) in [6.45, 7) is 0. The van der Waals surface area contributed by atoms with E-state index in [1.807, 2.05) is 0 Å². The Morgan fingerprint density at radius 2 is 2.00 bits per heavy atom. The van der Waals surface area contributed by atoms with Crippen LogP contribution in [0.4, 0.5) is 14.5 Å². The van der Waals surface area contributed by atoms with E-state index >= 15 is 0 Å². The van der Waals surface area contributed by atoms with Crippen LogP contribution in [0.2, 0.25) is 0 Å². The molecule has 0 heterocycles. The molecule has 0 aromatic heterocycles. The number of anilines is 1. The van der Waals surface area contributed by atoms with Crippen molar-refractivity contribution in [3.8, 4) is 0 Å². The minimum absolute atomic E-state index is 0.271. The fourth-order valence-corrected chi connectivity index (χ4v) is 2.64. The number of nitrogens with zero attached hydrogens (tertiary/aromatic N) is 1. The molecule has 1 aromatic carbocycles. The lowest BCUT2D eigenvalue weighted by atomic mass is 9.91. The van der Waals surface area contributed by atoms with Crippen LogP contribution in [0.15, 0.2) is 12.1 Å². The van der Waals surface area contributed by atoms with Gasteiger partial charge in [-0.25, -0.2) is 8.78 Å². The molecule has 0 saturated heterocycles. The van der Waals surface area contributed by atoms with Gasteiger partial charge in [0.15, 0.2) is 5.82 Å². The van der Waals surface area contributed by atoms with Crippen molar-refractivity contribution in [1.29, 1.82) is 0 Å². The molecule has 1 fully saturated rings. The van der Waals surface area contributed by atoms with Gasteiger partial charge in [0.25, 0.3) is 5.91 Å². The zero-order chi connectivity index (χ0) is 14.9. The summed E-state index contributed by atoms with van der Waals surface area (Å²) in [6, 6.07) is 1.63. The molecule has 1 aromatic rings. The van der Waals surface area contributed by atoms with Crippen LogP contribution in [-0.2, 0) is 0 Å². The summed E-state index contributed by atoms with van der Waals surface area (Å²) in [5.41, 5.74) is 4.44. The van der Waals surface area contributed by atoms with Gasteiger partial charge < -0.3 is 15.7 Å². The maximum Gasteiger partial charge on any atom is 0.259 e. The molecule has 6 heteroatoms. The van der Waals surface area contributed by atoms with Crippen molar-refractivity contribution in [1.82, 2.24) is 4.90 Å². The second-order valence-corrected chi connectivity index (χ2v) is 5.16. The summed E-state index contributed by atoms with van der Waals surface area (Å²) >= 11 is 0. The molecular formula is C14H18F2N2O2. The highest BCUT2D eigenvalue weighted by atomic mass is 19.1. The molecule has 2 rings (SSSR count). The average Bonchev–Trinajstić information content (AvgIpc) is 2.43. The third-order valence-electron chi connectivity index (χ3n) is 3.85. The lowest BCUT2D eigenvalue weighted by molar-refractivity contribution is 0.0262. The number of hydrogen-bond acceptors (Lipinski definition) is 3. The lowest BCUT2D eigenvalue weighted by Gasteiger charge is -2.35. The molecule has 3 N–H and O–H groups in total. The highest BCUT2D eigenvalue weighted by molar-refractivity contribution is 5.95. The van der Waals surface area contributed by atoms with Crippen molar-refractivity contribution in [2.45, 2.75) is 37.8 Å². The summed E-state index contributed by atoms with van der Waals surface area (Å²) < 4.78 is 27.6. The second-order valence-electron chi connectivity index (χ2n) is 5.16. The molecule has 0 aliphatic heterocycles. The quantitative estimate of drug-likeness (QED) is 0.815. The topological polar surface area (TPSA) is 66.6 Å². The van der Waals surface area contributed by atoms with Crippen LogP contribution >= 0.6 is 0 Å². The van der Waals surface area contributed by atoms with E-state index in [1.54, 1.807) is 0 Å². The van der Waals surface area contributed by atoms with Crippen LogP contribution in [0.1, 0.15) is 36.0 Å². The van der Waals surface area contributed by atoms with Crippen molar-refractivity contribution in [3.05, 3.63) is 29.3 Å². The van der Waals surface area contributed by atoms with E-state index < -0.39 is 35.3 Å². The fraction of sp³-hybridized carbons (Fsp3) is 0.500. The van der Waals surface area contributed by atoms with Gasteiger partial charge in [-0.2, -0.15) is 0 Å². The smallest absolute Gasteiger partial charge is 0.259 e. The molecule has 1 amide bonds. The lowest BCUT2D eigenvalue weighted by Crippen LogP contribution is -2.46. The molecule has 0 radical (unpaired) electrons. The van der Waals surface area contributed by atoms with E-state index in [-0.39, 0.29) is 5.69 Å². The van der Waals surface area contributed by atoms with E-state index in [1.165, 1.54) is 11.9 Å². The number of nitrogens with two attached hydrogens (primary N) is 1. The number of halogens is 2. The van der Waals surface area contributed by atoms with Crippen LogP contribution in [0.3, 0.4) is 0 Å². The van der Waals surface area contributed by atoms with Gasteiger partial charge in [0.1, 0.15) is 11.4 Å². The molecule has 1 saturated carbocycles. The maximum absolute atomic E-state index is 13.9. The summed E-state index contributed by atoms with van der Waals surface area (Å²) in [7, 11) is 1.45. The van der Waals surface area contributed by atoms with Crippen LogP contribution in [0.25, 0.3) is 0 Å². The van der Waals surface area contributed by atoms with E-state index in [4.69, 9.17) is 5.73 Å². The Hall–Kier alpha value is -1.69. The van der Waals surface area contributed by atoms with Crippen molar-refractivity contribution < 1.29 is 18.7 Å². The average molecular weight is 284 g/mol. The van der Waals surface area contributed by atoms with Crippen molar-refractivity contribution in [2.75, 3.05) is 12.8 Å². The van der Waals surface area contributed by atoms with Crippen LogP contribution < -0.4 is 5.73 Å². The van der Waals surface area contributed by atoms with Gasteiger partial charge in [0.2, 0.25) is 0 Å². The normalized spacial score (nSPS) is 22.6. The number of hydrogen-bond donors (Lipinski definition) is 2. The SMILES string of the molecule is CN(C(=O)c1c(F)ccc(N)c1F)C1CCCCC1O. The molecule has 1 aliphatic carbocycles. The molecule has 20 heavy (non-hydrogen) atoms. The molecule has 0 spiro atoms. The van der Waals surface area contributed by atoms with E-state index in [0.29, 0.717) is 12.8 Å². The number of likely N-dealkylation sites (N-methyl/N-ethyl adjacent to an activating group) is 1. The third-order valence-corrected chi connectivity index (χ3v) is 3.85. The number of nitrogen functional groups attached to an aromatic ring is 1. The summed E-state index contributed by atoms with van der Waals surface area (Å²) in [6.07, 6.45) is 2.31. The Bertz CT molecular complexity index is 522. The number of benzene rings is 1. The third kappa shape index (κ3) is 2.60. The van der Waals surface area contributed by atoms with E-state index in [9.17, 15) is 18.7 Å². The number of amides is 1.